The van der Waals surface area contributed by atoms with Crippen molar-refractivity contribution in [1.82, 2.24) is 4.90 Å². The third-order valence-corrected chi connectivity index (χ3v) is 7.79. The van der Waals surface area contributed by atoms with Gasteiger partial charge in [0.15, 0.2) is 0 Å². The highest BCUT2D eigenvalue weighted by molar-refractivity contribution is 5.76. The van der Waals surface area contributed by atoms with Gasteiger partial charge in [0.2, 0.25) is 0 Å². The lowest BCUT2D eigenvalue weighted by Gasteiger charge is -2.36. The van der Waals surface area contributed by atoms with Crippen LogP contribution in [-0.4, -0.2) is 46.9 Å². The molecule has 0 aliphatic heterocycles. The number of aliphatic carboxylic acids is 1. The Kier molecular flexibility index (Phi) is 11.8. The summed E-state index contributed by atoms with van der Waals surface area (Å²) in [6.45, 7) is 9.28. The summed E-state index contributed by atoms with van der Waals surface area (Å²) in [5.41, 5.74) is 0.371. The van der Waals surface area contributed by atoms with Crippen molar-refractivity contribution in [3.05, 3.63) is 81.9 Å². The Labute approximate surface area is 264 Å². The summed E-state index contributed by atoms with van der Waals surface area (Å²) in [7, 11) is 1.52. The van der Waals surface area contributed by atoms with Crippen LogP contribution in [0.3, 0.4) is 0 Å². The minimum atomic E-state index is -5.04. The minimum absolute atomic E-state index is 0.0409. The van der Waals surface area contributed by atoms with Crippen LogP contribution < -0.4 is 9.47 Å². The van der Waals surface area contributed by atoms with Gasteiger partial charge < -0.3 is 19.7 Å². The van der Waals surface area contributed by atoms with Gasteiger partial charge >= 0.3 is 18.3 Å². The van der Waals surface area contributed by atoms with Crippen molar-refractivity contribution < 1.29 is 50.8 Å². The van der Waals surface area contributed by atoms with Gasteiger partial charge in [0.25, 0.3) is 0 Å². The molecule has 0 spiro atoms. The van der Waals surface area contributed by atoms with Gasteiger partial charge in [0.1, 0.15) is 11.5 Å². The molecule has 2 N–H and O–H groups in total. The molecule has 0 saturated heterocycles. The number of hydrogen-bond acceptors (Lipinski definition) is 5. The van der Waals surface area contributed by atoms with Crippen LogP contribution in [0, 0.1) is 13.8 Å². The van der Waals surface area contributed by atoms with Crippen molar-refractivity contribution in [3.8, 4) is 22.6 Å². The molecule has 3 aromatic rings. The number of benzene rings is 3. The average molecular weight is 656 g/mol. The van der Waals surface area contributed by atoms with E-state index in [1.165, 1.54) is 7.11 Å². The maximum Gasteiger partial charge on any atom is 0.416 e. The first-order chi connectivity index (χ1) is 21.3. The Morgan fingerprint density at radius 2 is 1.48 bits per heavy atom. The van der Waals surface area contributed by atoms with E-state index in [-0.39, 0.29) is 31.7 Å². The van der Waals surface area contributed by atoms with Crippen molar-refractivity contribution in [1.29, 1.82) is 0 Å². The number of aliphatic hydroxyl groups excluding tert-OH is 1. The summed E-state index contributed by atoms with van der Waals surface area (Å²) in [5.74, 6) is 0.137. The molecule has 0 aliphatic carbocycles. The lowest BCUT2D eigenvalue weighted by molar-refractivity contribution is -0.143. The van der Waals surface area contributed by atoms with Gasteiger partial charge in [0.05, 0.1) is 30.9 Å². The van der Waals surface area contributed by atoms with Gasteiger partial charge in [-0.2, -0.15) is 26.3 Å². The molecule has 0 fully saturated rings. The van der Waals surface area contributed by atoms with Crippen LogP contribution in [0.5, 0.6) is 11.5 Å². The summed E-state index contributed by atoms with van der Waals surface area (Å²) >= 11 is 0. The molecule has 0 bridgehead atoms. The zero-order valence-electron chi connectivity index (χ0n) is 26.5. The molecule has 0 saturated carbocycles. The molecule has 12 heteroatoms. The lowest BCUT2D eigenvalue weighted by atomic mass is 9.93. The normalized spacial score (nSPS) is 13.6. The Morgan fingerprint density at radius 1 is 0.870 bits per heavy atom. The van der Waals surface area contributed by atoms with Crippen LogP contribution >= 0.6 is 0 Å². The van der Waals surface area contributed by atoms with Gasteiger partial charge in [0, 0.05) is 30.6 Å². The van der Waals surface area contributed by atoms with Gasteiger partial charge in [-0.25, -0.2) is 0 Å². The van der Waals surface area contributed by atoms with E-state index in [1.54, 1.807) is 24.0 Å². The molecule has 0 amide bonds. The molecule has 6 nitrogen and oxygen atoms in total. The predicted molar refractivity (Wildman–Crippen MR) is 162 cm³/mol. The van der Waals surface area contributed by atoms with E-state index >= 15 is 0 Å². The number of methoxy groups -OCH3 is 1. The molecule has 0 radical (unpaired) electrons. The topological polar surface area (TPSA) is 79.2 Å². The zero-order valence-corrected chi connectivity index (χ0v) is 26.5. The maximum atomic E-state index is 13.6. The standard InChI is InChI=1S/C34H39F6NO5/c1-19(2)41(22(5)32(44)23-14-25(33(35,36)37)16-26(15-23)34(38,39)40)18-24-12-20(3)9-10-27(24)28-17-29(21(4)13-30(28)45-6)46-11-7-8-31(42)43/h9-10,12-17,19,22,32,44H,7-8,11,18H2,1-6H3,(H,42,43). The predicted octanol–water partition coefficient (Wildman–Crippen LogP) is 8.59. The van der Waals surface area contributed by atoms with Crippen LogP contribution in [0.2, 0.25) is 0 Å². The third-order valence-electron chi connectivity index (χ3n) is 7.79. The van der Waals surface area contributed by atoms with E-state index in [9.17, 15) is 36.2 Å². The van der Waals surface area contributed by atoms with E-state index in [1.807, 2.05) is 45.9 Å². The van der Waals surface area contributed by atoms with Crippen LogP contribution in [-0.2, 0) is 23.7 Å². The first kappa shape index (κ1) is 36.7. The molecule has 3 aromatic carbocycles. The monoisotopic (exact) mass is 655 g/mol. The van der Waals surface area contributed by atoms with E-state index in [4.69, 9.17) is 14.6 Å². The molecule has 0 aliphatic rings. The Balaban J connectivity index is 2.04. The van der Waals surface area contributed by atoms with Gasteiger partial charge in [-0.3, -0.25) is 9.69 Å². The average Bonchev–Trinajstić information content (AvgIpc) is 2.96. The summed E-state index contributed by atoms with van der Waals surface area (Å²) in [4.78, 5) is 12.7. The summed E-state index contributed by atoms with van der Waals surface area (Å²) in [5, 5.41) is 20.2. The fourth-order valence-electron chi connectivity index (χ4n) is 5.32. The molecule has 3 rings (SSSR count). The number of rotatable bonds is 13. The van der Waals surface area contributed by atoms with Crippen LogP contribution in [0.1, 0.15) is 73.1 Å². The minimum Gasteiger partial charge on any atom is -0.496 e. The first-order valence-electron chi connectivity index (χ1n) is 14.7. The maximum absolute atomic E-state index is 13.6. The Morgan fingerprint density at radius 3 is 2.00 bits per heavy atom. The molecular weight excluding hydrogens is 616 g/mol. The number of carboxylic acids is 1. The third kappa shape index (κ3) is 9.16. The van der Waals surface area contributed by atoms with Crippen molar-refractivity contribution in [2.75, 3.05) is 13.7 Å². The van der Waals surface area contributed by atoms with Crippen LogP contribution in [0.25, 0.3) is 11.1 Å². The highest BCUT2D eigenvalue weighted by atomic mass is 19.4. The van der Waals surface area contributed by atoms with Gasteiger partial charge in [-0.05, 0) is 93.6 Å². The van der Waals surface area contributed by atoms with E-state index in [0.717, 1.165) is 22.3 Å². The van der Waals surface area contributed by atoms with Crippen molar-refractivity contribution >= 4 is 5.97 Å². The van der Waals surface area contributed by atoms with Gasteiger partial charge in [-0.1, -0.05) is 23.8 Å². The number of carboxylic acid groups (broad SMARTS) is 1. The summed E-state index contributed by atoms with van der Waals surface area (Å²) in [6, 6.07) is 9.27. The molecule has 0 aromatic heterocycles. The number of aliphatic hydroxyl groups is 1. The second-order valence-corrected chi connectivity index (χ2v) is 11.6. The second-order valence-electron chi connectivity index (χ2n) is 11.6. The highest BCUT2D eigenvalue weighted by Gasteiger charge is 2.38. The largest absolute Gasteiger partial charge is 0.496 e. The number of nitrogens with zero attached hydrogens (tertiary/aromatic N) is 1. The molecule has 0 heterocycles. The number of ether oxygens (including phenoxy) is 2. The quantitative estimate of drug-likeness (QED) is 0.142. The molecule has 46 heavy (non-hydrogen) atoms. The molecule has 2 atom stereocenters. The van der Waals surface area contributed by atoms with E-state index in [2.05, 4.69) is 0 Å². The Bertz CT molecular complexity index is 1490. The van der Waals surface area contributed by atoms with E-state index < -0.39 is 47.2 Å². The molecule has 252 valence electrons. The number of aryl methyl sites for hydroxylation is 2. The Hall–Kier alpha value is -3.77. The zero-order chi connectivity index (χ0) is 34.6. The number of alkyl halides is 6. The molecule has 2 unspecified atom stereocenters. The summed E-state index contributed by atoms with van der Waals surface area (Å²) < 4.78 is 92.9. The van der Waals surface area contributed by atoms with E-state index in [0.29, 0.717) is 35.6 Å². The SMILES string of the molecule is COc1cc(C)c(OCCCC(=O)O)cc1-c1ccc(C)cc1CN(C(C)C)C(C)C(O)c1cc(C(F)(F)F)cc(C(F)(F)F)c1. The van der Waals surface area contributed by atoms with Crippen molar-refractivity contribution in [2.24, 2.45) is 0 Å². The highest BCUT2D eigenvalue weighted by Crippen LogP contribution is 2.41. The smallest absolute Gasteiger partial charge is 0.416 e. The lowest BCUT2D eigenvalue weighted by Crippen LogP contribution is -2.42. The molecular formula is C34H39F6NO5. The summed E-state index contributed by atoms with van der Waals surface area (Å²) in [6.07, 6.45) is -11.5. The number of carbonyl (C=O) groups is 1. The first-order valence-corrected chi connectivity index (χ1v) is 14.7. The van der Waals surface area contributed by atoms with Gasteiger partial charge in [-0.15, -0.1) is 0 Å². The van der Waals surface area contributed by atoms with Crippen LogP contribution in [0.15, 0.2) is 48.5 Å². The van der Waals surface area contributed by atoms with Crippen molar-refractivity contribution in [2.45, 2.75) is 84.5 Å². The van der Waals surface area contributed by atoms with Crippen molar-refractivity contribution in [3.63, 3.8) is 0 Å². The number of hydrogen-bond donors (Lipinski definition) is 2. The fraction of sp³-hybridized carbons (Fsp3) is 0.441. The number of halogens is 6. The fourth-order valence-corrected chi connectivity index (χ4v) is 5.32. The second kappa shape index (κ2) is 14.8. The van der Waals surface area contributed by atoms with Crippen LogP contribution in [0.4, 0.5) is 26.3 Å².